The molecule has 0 aliphatic carbocycles. The van der Waals surface area contributed by atoms with E-state index >= 15 is 0 Å². The van der Waals surface area contributed by atoms with E-state index in [-0.39, 0.29) is 0 Å². The first kappa shape index (κ1) is 13.3. The molecule has 90 valence electrons. The van der Waals surface area contributed by atoms with Crippen LogP contribution in [-0.4, -0.2) is 19.8 Å². The average Bonchev–Trinajstić information content (AvgIpc) is 2.28. The largest absolute Gasteiger partial charge is 0.383 e. The van der Waals surface area contributed by atoms with Gasteiger partial charge in [0, 0.05) is 24.7 Å². The van der Waals surface area contributed by atoms with Crippen molar-refractivity contribution in [1.82, 2.24) is 0 Å². The molecular weight excluding hydrogens is 222 g/mol. The Morgan fingerprint density at radius 3 is 2.88 bits per heavy atom. The number of rotatable bonds is 7. The summed E-state index contributed by atoms with van der Waals surface area (Å²) in [6, 6.07) is 8.14. The maximum Gasteiger partial charge on any atom is 0.0639 e. The Morgan fingerprint density at radius 1 is 1.38 bits per heavy atom. The second-order valence-corrected chi connectivity index (χ2v) is 4.50. The van der Waals surface area contributed by atoms with E-state index in [4.69, 9.17) is 16.3 Å². The van der Waals surface area contributed by atoms with Gasteiger partial charge in [-0.3, -0.25) is 0 Å². The van der Waals surface area contributed by atoms with Crippen molar-refractivity contribution in [2.75, 3.05) is 25.1 Å². The monoisotopic (exact) mass is 241 g/mol. The number of hydrogen-bond donors (Lipinski definition) is 1. The smallest absolute Gasteiger partial charge is 0.0639 e. The number of ether oxygens (including phenoxy) is 1. The van der Waals surface area contributed by atoms with Crippen LogP contribution in [0.3, 0.4) is 0 Å². The molecule has 0 atom stereocenters. The highest BCUT2D eigenvalue weighted by Crippen LogP contribution is 2.11. The highest BCUT2D eigenvalue weighted by Gasteiger charge is 1.95. The van der Waals surface area contributed by atoms with Crippen LogP contribution < -0.4 is 5.32 Å². The predicted octanol–water partition coefficient (Wildman–Crippen LogP) is 3.51. The lowest BCUT2D eigenvalue weighted by atomic mass is 10.2. The highest BCUT2D eigenvalue weighted by atomic mass is 35.5. The lowest BCUT2D eigenvalue weighted by molar-refractivity contribution is 0.118. The van der Waals surface area contributed by atoms with Gasteiger partial charge in [-0.25, -0.2) is 0 Å². The van der Waals surface area contributed by atoms with Crippen molar-refractivity contribution < 1.29 is 4.74 Å². The van der Waals surface area contributed by atoms with Gasteiger partial charge in [-0.2, -0.15) is 0 Å². The van der Waals surface area contributed by atoms with Gasteiger partial charge in [0.2, 0.25) is 0 Å². The molecule has 0 aromatic heterocycles. The lowest BCUT2D eigenvalue weighted by Crippen LogP contribution is -2.12. The Morgan fingerprint density at radius 2 is 2.19 bits per heavy atom. The fraction of sp³-hybridized carbons (Fsp3) is 0.538. The summed E-state index contributed by atoms with van der Waals surface area (Å²) in [5.74, 6) is 1.15. The van der Waals surface area contributed by atoms with Crippen LogP contribution in [0.2, 0.25) is 0 Å². The SMILES string of the molecule is CC(C)COCCNc1cccc(CCl)c1. The predicted molar refractivity (Wildman–Crippen MR) is 70.1 cm³/mol. The van der Waals surface area contributed by atoms with Crippen molar-refractivity contribution in [2.24, 2.45) is 5.92 Å². The average molecular weight is 242 g/mol. The van der Waals surface area contributed by atoms with Gasteiger partial charge in [-0.15, -0.1) is 11.6 Å². The van der Waals surface area contributed by atoms with Crippen LogP contribution in [-0.2, 0) is 10.6 Å². The molecule has 0 aliphatic heterocycles. The topological polar surface area (TPSA) is 21.3 Å². The van der Waals surface area contributed by atoms with Gasteiger partial charge >= 0.3 is 0 Å². The third kappa shape index (κ3) is 5.38. The van der Waals surface area contributed by atoms with Gasteiger partial charge < -0.3 is 10.1 Å². The third-order valence-electron chi connectivity index (χ3n) is 2.11. The number of benzene rings is 1. The molecule has 1 rings (SSSR count). The standard InChI is InChI=1S/C13H20ClNO/c1-11(2)10-16-7-6-15-13-5-3-4-12(8-13)9-14/h3-5,8,11,15H,6-7,9-10H2,1-2H3. The maximum atomic E-state index is 5.77. The molecule has 1 aromatic carbocycles. The quantitative estimate of drug-likeness (QED) is 0.583. The Hall–Kier alpha value is -0.730. The van der Waals surface area contributed by atoms with Crippen LogP contribution in [0.4, 0.5) is 5.69 Å². The first-order valence-corrected chi connectivity index (χ1v) is 6.22. The molecule has 3 heteroatoms. The molecule has 0 unspecified atom stereocenters. The molecular formula is C13H20ClNO. The Labute approximate surface area is 103 Å². The molecule has 0 fully saturated rings. The van der Waals surface area contributed by atoms with E-state index in [0.717, 1.165) is 31.0 Å². The molecule has 0 amide bonds. The number of nitrogens with one attached hydrogen (secondary N) is 1. The van der Waals surface area contributed by atoms with Crippen LogP contribution in [0.15, 0.2) is 24.3 Å². The van der Waals surface area contributed by atoms with Crippen LogP contribution in [0, 0.1) is 5.92 Å². The number of hydrogen-bond acceptors (Lipinski definition) is 2. The first-order chi connectivity index (χ1) is 7.72. The zero-order valence-electron chi connectivity index (χ0n) is 10.0. The molecule has 0 bridgehead atoms. The van der Waals surface area contributed by atoms with Crippen molar-refractivity contribution in [2.45, 2.75) is 19.7 Å². The second-order valence-electron chi connectivity index (χ2n) is 4.23. The van der Waals surface area contributed by atoms with Gasteiger partial charge in [0.25, 0.3) is 0 Å². The van der Waals surface area contributed by atoms with Gasteiger partial charge in [0.1, 0.15) is 0 Å². The van der Waals surface area contributed by atoms with Crippen molar-refractivity contribution in [3.05, 3.63) is 29.8 Å². The molecule has 1 N–H and O–H groups in total. The first-order valence-electron chi connectivity index (χ1n) is 5.69. The van der Waals surface area contributed by atoms with Crippen molar-refractivity contribution in [3.63, 3.8) is 0 Å². The van der Waals surface area contributed by atoms with E-state index in [0.29, 0.717) is 11.8 Å². The van der Waals surface area contributed by atoms with Crippen molar-refractivity contribution in [1.29, 1.82) is 0 Å². The summed E-state index contributed by atoms with van der Waals surface area (Å²) in [6.45, 7) is 6.69. The zero-order valence-corrected chi connectivity index (χ0v) is 10.8. The van der Waals surface area contributed by atoms with E-state index in [1.807, 2.05) is 18.2 Å². The normalized spacial score (nSPS) is 10.8. The number of alkyl halides is 1. The second kappa shape index (κ2) is 7.53. The number of anilines is 1. The van der Waals surface area contributed by atoms with Crippen molar-refractivity contribution in [3.8, 4) is 0 Å². The van der Waals surface area contributed by atoms with Crippen molar-refractivity contribution >= 4 is 17.3 Å². The molecule has 0 aliphatic rings. The molecule has 0 saturated carbocycles. The fourth-order valence-corrected chi connectivity index (χ4v) is 1.52. The minimum atomic E-state index is 0.555. The Kier molecular flexibility index (Phi) is 6.27. The highest BCUT2D eigenvalue weighted by molar-refractivity contribution is 6.17. The van der Waals surface area contributed by atoms with E-state index < -0.39 is 0 Å². The van der Waals surface area contributed by atoms with E-state index in [2.05, 4.69) is 25.2 Å². The Bertz CT molecular complexity index is 302. The van der Waals surface area contributed by atoms with E-state index in [9.17, 15) is 0 Å². The summed E-state index contributed by atoms with van der Waals surface area (Å²) in [5.41, 5.74) is 2.24. The molecule has 1 aromatic rings. The van der Waals surface area contributed by atoms with Crippen LogP contribution in [0.25, 0.3) is 0 Å². The molecule has 0 heterocycles. The summed E-state index contributed by atoms with van der Waals surface area (Å²) in [7, 11) is 0. The van der Waals surface area contributed by atoms with Crippen LogP contribution >= 0.6 is 11.6 Å². The van der Waals surface area contributed by atoms with Gasteiger partial charge in [-0.1, -0.05) is 26.0 Å². The summed E-state index contributed by atoms with van der Waals surface area (Å²) in [5, 5.41) is 3.31. The summed E-state index contributed by atoms with van der Waals surface area (Å²) >= 11 is 5.77. The van der Waals surface area contributed by atoms with Gasteiger partial charge in [-0.05, 0) is 23.6 Å². The summed E-state index contributed by atoms with van der Waals surface area (Å²) in [6.07, 6.45) is 0. The van der Waals surface area contributed by atoms with Gasteiger partial charge in [0.15, 0.2) is 0 Å². The minimum absolute atomic E-state index is 0.555. The van der Waals surface area contributed by atoms with E-state index in [1.165, 1.54) is 0 Å². The third-order valence-corrected chi connectivity index (χ3v) is 2.42. The van der Waals surface area contributed by atoms with Gasteiger partial charge in [0.05, 0.1) is 6.61 Å². The molecule has 16 heavy (non-hydrogen) atoms. The minimum Gasteiger partial charge on any atom is -0.383 e. The Balaban J connectivity index is 2.21. The summed E-state index contributed by atoms with van der Waals surface area (Å²) in [4.78, 5) is 0. The molecule has 0 saturated heterocycles. The molecule has 0 radical (unpaired) electrons. The zero-order chi connectivity index (χ0) is 11.8. The number of halogens is 1. The maximum absolute atomic E-state index is 5.77. The summed E-state index contributed by atoms with van der Waals surface area (Å²) < 4.78 is 5.48. The molecule has 2 nitrogen and oxygen atoms in total. The van der Waals surface area contributed by atoms with E-state index in [1.54, 1.807) is 0 Å². The lowest BCUT2D eigenvalue weighted by Gasteiger charge is -2.09. The molecule has 0 spiro atoms. The fourth-order valence-electron chi connectivity index (χ4n) is 1.35. The van der Waals surface area contributed by atoms with Crippen LogP contribution in [0.5, 0.6) is 0 Å². The van der Waals surface area contributed by atoms with Crippen LogP contribution in [0.1, 0.15) is 19.4 Å².